The lowest BCUT2D eigenvalue weighted by Crippen LogP contribution is -2.45. The molecule has 2 heterocycles. The van der Waals surface area contributed by atoms with Crippen molar-refractivity contribution in [2.24, 2.45) is 7.05 Å². The number of nitrogens with zero attached hydrogens (tertiary/aromatic N) is 5. The summed E-state index contributed by atoms with van der Waals surface area (Å²) in [6.07, 6.45) is 1.19. The van der Waals surface area contributed by atoms with Crippen molar-refractivity contribution in [3.05, 3.63) is 4.60 Å². The molecule has 0 aromatic carbocycles. The highest BCUT2D eigenvalue weighted by atomic mass is 79.9. The van der Waals surface area contributed by atoms with Crippen LogP contribution in [0.1, 0.15) is 12.8 Å². The van der Waals surface area contributed by atoms with Gasteiger partial charge in [0, 0.05) is 27.7 Å². The Labute approximate surface area is 125 Å². The van der Waals surface area contributed by atoms with E-state index in [9.17, 15) is 13.2 Å². The lowest BCUT2D eigenvalue weighted by Gasteiger charge is -2.25. The molecule has 8 nitrogen and oxygen atoms in total. The molecule has 1 aromatic heterocycles. The highest BCUT2D eigenvalue weighted by Gasteiger charge is 2.42. The fourth-order valence-electron chi connectivity index (χ4n) is 2.28. The molecule has 0 aliphatic carbocycles. The topological polar surface area (TPSA) is 88.4 Å². The first kappa shape index (κ1) is 15.4. The number of sulfonamides is 1. The van der Waals surface area contributed by atoms with Crippen LogP contribution in [0, 0.1) is 0 Å². The summed E-state index contributed by atoms with van der Waals surface area (Å²) in [6.45, 7) is 0.324. The van der Waals surface area contributed by atoms with Crippen molar-refractivity contribution >= 4 is 31.9 Å². The van der Waals surface area contributed by atoms with E-state index in [1.54, 1.807) is 14.1 Å². The summed E-state index contributed by atoms with van der Waals surface area (Å²) in [4.78, 5) is 13.5. The van der Waals surface area contributed by atoms with Crippen LogP contribution in [0.25, 0.3) is 0 Å². The van der Waals surface area contributed by atoms with Gasteiger partial charge in [-0.15, -0.1) is 5.10 Å². The molecule has 1 aliphatic rings. The Bertz CT molecular complexity index is 607. The molecule has 1 amide bonds. The zero-order valence-electron chi connectivity index (χ0n) is 11.4. The van der Waals surface area contributed by atoms with Crippen molar-refractivity contribution in [2.45, 2.75) is 23.9 Å². The normalized spacial score (nSPS) is 20.3. The number of hydrogen-bond donors (Lipinski definition) is 0. The summed E-state index contributed by atoms with van der Waals surface area (Å²) in [7, 11) is 0.932. The summed E-state index contributed by atoms with van der Waals surface area (Å²) in [5.41, 5.74) is 0. The van der Waals surface area contributed by atoms with Gasteiger partial charge >= 0.3 is 0 Å². The summed E-state index contributed by atoms with van der Waals surface area (Å²) in [5.74, 6) is -0.211. The van der Waals surface area contributed by atoms with Gasteiger partial charge < -0.3 is 4.90 Å². The zero-order valence-corrected chi connectivity index (χ0v) is 13.8. The fourth-order valence-corrected chi connectivity index (χ4v) is 4.97. The maximum atomic E-state index is 12.7. The minimum Gasteiger partial charge on any atom is -0.347 e. The number of likely N-dealkylation sites (N-methyl/N-ethyl adjacent to an activating group) is 1. The van der Waals surface area contributed by atoms with Crippen LogP contribution < -0.4 is 0 Å². The smallest absolute Gasteiger partial charge is 0.263 e. The standard InChI is InChI=1S/C10H16BrN5O3S/c1-14(2)9(17)7-5-4-6-16(7)20(18,19)10-8(11)12-13-15(10)3/h7H,4-6H2,1-3H3. The second kappa shape index (κ2) is 5.41. The van der Waals surface area contributed by atoms with Crippen LogP contribution in [0.15, 0.2) is 9.63 Å². The zero-order chi connectivity index (χ0) is 15.1. The van der Waals surface area contributed by atoms with Crippen LogP contribution in [0.2, 0.25) is 0 Å². The Morgan fingerprint density at radius 1 is 1.45 bits per heavy atom. The van der Waals surface area contributed by atoms with E-state index in [1.807, 2.05) is 0 Å². The third-order valence-corrected chi connectivity index (χ3v) is 6.02. The van der Waals surface area contributed by atoms with Gasteiger partial charge in [-0.05, 0) is 28.8 Å². The number of rotatable bonds is 3. The molecule has 112 valence electrons. The molecule has 20 heavy (non-hydrogen) atoms. The Hall–Kier alpha value is -1.00. The predicted octanol–water partition coefficient (Wildman–Crippen LogP) is -0.181. The molecule has 0 N–H and O–H groups in total. The van der Waals surface area contributed by atoms with Gasteiger partial charge in [0.2, 0.25) is 10.9 Å². The second-order valence-corrected chi connectivity index (χ2v) is 7.37. The highest BCUT2D eigenvalue weighted by Crippen LogP contribution is 2.29. The van der Waals surface area contributed by atoms with Gasteiger partial charge in [-0.3, -0.25) is 4.79 Å². The number of amides is 1. The number of carbonyl (C=O) groups is 1. The average molecular weight is 366 g/mol. The van der Waals surface area contributed by atoms with E-state index < -0.39 is 16.1 Å². The third kappa shape index (κ3) is 2.47. The van der Waals surface area contributed by atoms with Crippen molar-refractivity contribution in [3.63, 3.8) is 0 Å². The molecule has 10 heteroatoms. The molecular formula is C10H16BrN5O3S. The number of hydrogen-bond acceptors (Lipinski definition) is 5. The van der Waals surface area contributed by atoms with Crippen LogP contribution in [-0.4, -0.2) is 65.2 Å². The first-order chi connectivity index (χ1) is 9.26. The average Bonchev–Trinajstić information content (AvgIpc) is 2.95. The third-order valence-electron chi connectivity index (χ3n) is 3.22. The van der Waals surface area contributed by atoms with Gasteiger partial charge in [-0.25, -0.2) is 13.1 Å². The first-order valence-corrected chi connectivity index (χ1v) is 8.28. The summed E-state index contributed by atoms with van der Waals surface area (Å²) in [5, 5.41) is 7.33. The van der Waals surface area contributed by atoms with Gasteiger partial charge in [0.15, 0.2) is 4.60 Å². The minimum absolute atomic E-state index is 0.0315. The summed E-state index contributed by atoms with van der Waals surface area (Å²) < 4.78 is 28.0. The first-order valence-electron chi connectivity index (χ1n) is 6.05. The molecular weight excluding hydrogens is 350 g/mol. The Morgan fingerprint density at radius 3 is 2.60 bits per heavy atom. The molecule has 1 atom stereocenters. The molecule has 1 saturated heterocycles. The molecule has 0 saturated carbocycles. The second-order valence-electron chi connectivity index (χ2n) is 4.82. The number of aryl methyl sites for hydroxylation is 1. The van der Waals surface area contributed by atoms with Crippen LogP contribution >= 0.6 is 15.9 Å². The fraction of sp³-hybridized carbons (Fsp3) is 0.700. The lowest BCUT2D eigenvalue weighted by molar-refractivity contribution is -0.132. The number of halogens is 1. The van der Waals surface area contributed by atoms with Crippen molar-refractivity contribution in [2.75, 3.05) is 20.6 Å². The van der Waals surface area contributed by atoms with Crippen molar-refractivity contribution in [1.82, 2.24) is 24.2 Å². The summed E-state index contributed by atoms with van der Waals surface area (Å²) in [6, 6.07) is -0.656. The molecule has 0 bridgehead atoms. The lowest BCUT2D eigenvalue weighted by atomic mass is 10.2. The number of aromatic nitrogens is 3. The molecule has 1 fully saturated rings. The minimum atomic E-state index is -3.81. The maximum Gasteiger partial charge on any atom is 0.263 e. The van der Waals surface area contributed by atoms with Gasteiger partial charge in [0.25, 0.3) is 10.0 Å². The maximum absolute atomic E-state index is 12.7. The van der Waals surface area contributed by atoms with Crippen molar-refractivity contribution in [1.29, 1.82) is 0 Å². The molecule has 0 spiro atoms. The van der Waals surface area contributed by atoms with Gasteiger partial charge in [0.05, 0.1) is 0 Å². The summed E-state index contributed by atoms with van der Waals surface area (Å²) >= 11 is 3.09. The van der Waals surface area contributed by atoms with Crippen LogP contribution in [0.5, 0.6) is 0 Å². The van der Waals surface area contributed by atoms with E-state index in [2.05, 4.69) is 26.2 Å². The predicted molar refractivity (Wildman–Crippen MR) is 74.3 cm³/mol. The van der Waals surface area contributed by atoms with E-state index in [0.29, 0.717) is 19.4 Å². The largest absolute Gasteiger partial charge is 0.347 e. The molecule has 1 aliphatic heterocycles. The van der Waals surface area contributed by atoms with Crippen molar-refractivity contribution < 1.29 is 13.2 Å². The van der Waals surface area contributed by atoms with E-state index in [-0.39, 0.29) is 15.5 Å². The van der Waals surface area contributed by atoms with E-state index in [1.165, 1.54) is 20.9 Å². The highest BCUT2D eigenvalue weighted by molar-refractivity contribution is 9.10. The molecule has 2 rings (SSSR count). The number of carbonyl (C=O) groups excluding carboxylic acids is 1. The Kier molecular flexibility index (Phi) is 4.17. The van der Waals surface area contributed by atoms with Crippen LogP contribution in [0.3, 0.4) is 0 Å². The molecule has 0 radical (unpaired) electrons. The van der Waals surface area contributed by atoms with E-state index >= 15 is 0 Å². The quantitative estimate of drug-likeness (QED) is 0.741. The van der Waals surface area contributed by atoms with E-state index in [0.717, 1.165) is 0 Å². The SMILES string of the molecule is CN(C)C(=O)C1CCCN1S(=O)(=O)c1c(Br)nnn1C. The monoisotopic (exact) mass is 365 g/mol. The van der Waals surface area contributed by atoms with Crippen LogP contribution in [0.4, 0.5) is 0 Å². The molecule has 1 unspecified atom stereocenters. The van der Waals surface area contributed by atoms with Gasteiger partial charge in [0.1, 0.15) is 6.04 Å². The van der Waals surface area contributed by atoms with E-state index in [4.69, 9.17) is 0 Å². The van der Waals surface area contributed by atoms with Crippen LogP contribution in [-0.2, 0) is 21.9 Å². The van der Waals surface area contributed by atoms with Gasteiger partial charge in [-0.2, -0.15) is 4.31 Å². The Morgan fingerprint density at radius 2 is 2.10 bits per heavy atom. The molecule has 1 aromatic rings. The van der Waals surface area contributed by atoms with Gasteiger partial charge in [-0.1, -0.05) is 5.21 Å². The van der Waals surface area contributed by atoms with Crippen molar-refractivity contribution in [3.8, 4) is 0 Å². The Balaban J connectivity index is 2.42.